The van der Waals surface area contributed by atoms with Crippen LogP contribution in [-0.4, -0.2) is 70.0 Å². The third-order valence-electron chi connectivity index (χ3n) is 6.20. The molecule has 0 bridgehead atoms. The second-order valence-corrected chi connectivity index (χ2v) is 10.8. The molecule has 9 nitrogen and oxygen atoms in total. The molecule has 34 heavy (non-hydrogen) atoms. The minimum atomic E-state index is -3.46. The second-order valence-electron chi connectivity index (χ2n) is 8.56. The van der Waals surface area contributed by atoms with Crippen molar-refractivity contribution < 1.29 is 27.5 Å². The van der Waals surface area contributed by atoms with Gasteiger partial charge in [-0.05, 0) is 74.5 Å². The Kier molecular flexibility index (Phi) is 7.08. The number of nitrogens with zero attached hydrogens (tertiary/aromatic N) is 2. The first kappa shape index (κ1) is 24.0. The number of ether oxygens (including phenoxy) is 2. The van der Waals surface area contributed by atoms with E-state index in [4.69, 9.17) is 9.47 Å². The predicted octanol–water partition coefficient (Wildman–Crippen LogP) is 2.92. The topological polar surface area (TPSA) is 105 Å². The molecule has 2 saturated heterocycles. The largest absolute Gasteiger partial charge is 0.497 e. The van der Waals surface area contributed by atoms with E-state index in [1.807, 2.05) is 12.1 Å². The molecule has 1 atom stereocenters. The van der Waals surface area contributed by atoms with Gasteiger partial charge in [-0.2, -0.15) is 0 Å². The third-order valence-corrected chi connectivity index (χ3v) is 8.47. The molecule has 10 heteroatoms. The van der Waals surface area contributed by atoms with Gasteiger partial charge in [-0.25, -0.2) is 13.2 Å². The number of cyclic esters (lactones) is 1. The maximum atomic E-state index is 13.1. The molecule has 2 amide bonds. The normalized spacial score (nSPS) is 19.6. The van der Waals surface area contributed by atoms with Crippen molar-refractivity contribution in [3.8, 4) is 5.75 Å². The number of amides is 2. The van der Waals surface area contributed by atoms with E-state index in [1.54, 1.807) is 48.4 Å². The van der Waals surface area contributed by atoms with E-state index in [0.29, 0.717) is 50.5 Å². The van der Waals surface area contributed by atoms with Crippen LogP contribution in [0, 0.1) is 0 Å². The quantitative estimate of drug-likeness (QED) is 0.640. The van der Waals surface area contributed by atoms with Gasteiger partial charge in [0.05, 0.1) is 23.8 Å². The number of likely N-dealkylation sites (tertiary alicyclic amines) is 1. The Bertz CT molecular complexity index is 1130. The summed E-state index contributed by atoms with van der Waals surface area (Å²) < 4.78 is 36.9. The Hall–Kier alpha value is -3.11. The number of carbonyl (C=O) groups excluding carboxylic acids is 2. The number of hydrogen-bond donors (Lipinski definition) is 1. The van der Waals surface area contributed by atoms with Crippen LogP contribution in [0.4, 0.5) is 16.2 Å². The van der Waals surface area contributed by atoms with Crippen molar-refractivity contribution in [1.82, 2.24) is 4.90 Å². The van der Waals surface area contributed by atoms with Crippen molar-refractivity contribution in [2.24, 2.45) is 0 Å². The van der Waals surface area contributed by atoms with Gasteiger partial charge in [-0.15, -0.1) is 0 Å². The highest BCUT2D eigenvalue weighted by atomic mass is 32.2. The van der Waals surface area contributed by atoms with Crippen LogP contribution in [0.15, 0.2) is 53.4 Å². The van der Waals surface area contributed by atoms with Crippen molar-refractivity contribution in [2.45, 2.75) is 36.0 Å². The summed E-state index contributed by atoms with van der Waals surface area (Å²) in [4.78, 5) is 27.5. The SMILES string of the molecule is COc1ccc(N2C[C@H](CN3CCC(S(=O)(=O)c4ccc(NC(C)=O)cc4)CC3)OC2=O)cc1. The molecular weight excluding hydrogens is 458 g/mol. The lowest BCUT2D eigenvalue weighted by molar-refractivity contribution is -0.114. The molecule has 0 aliphatic carbocycles. The van der Waals surface area contributed by atoms with Crippen molar-refractivity contribution in [2.75, 3.05) is 43.5 Å². The minimum Gasteiger partial charge on any atom is -0.497 e. The molecule has 2 aromatic carbocycles. The summed E-state index contributed by atoms with van der Waals surface area (Å²) in [5, 5.41) is 2.18. The van der Waals surface area contributed by atoms with Crippen molar-refractivity contribution >= 4 is 33.2 Å². The van der Waals surface area contributed by atoms with Gasteiger partial charge in [0.15, 0.2) is 9.84 Å². The molecule has 2 aliphatic heterocycles. The highest BCUT2D eigenvalue weighted by molar-refractivity contribution is 7.92. The van der Waals surface area contributed by atoms with Crippen LogP contribution < -0.4 is 15.0 Å². The van der Waals surface area contributed by atoms with Gasteiger partial charge in [0.25, 0.3) is 0 Å². The number of carbonyl (C=O) groups is 2. The van der Waals surface area contributed by atoms with Gasteiger partial charge < -0.3 is 14.8 Å². The summed E-state index contributed by atoms with van der Waals surface area (Å²) in [6.45, 7) is 3.65. The monoisotopic (exact) mass is 487 g/mol. The number of piperidine rings is 1. The summed E-state index contributed by atoms with van der Waals surface area (Å²) in [6.07, 6.45) is 0.372. The molecule has 4 rings (SSSR count). The smallest absolute Gasteiger partial charge is 0.414 e. The van der Waals surface area contributed by atoms with E-state index in [0.717, 1.165) is 5.69 Å². The van der Waals surface area contributed by atoms with Gasteiger partial charge in [0, 0.05) is 24.8 Å². The molecule has 2 aliphatic rings. The number of benzene rings is 2. The van der Waals surface area contributed by atoms with E-state index in [1.165, 1.54) is 6.92 Å². The Morgan fingerprint density at radius 2 is 1.74 bits per heavy atom. The van der Waals surface area contributed by atoms with Crippen molar-refractivity contribution in [1.29, 1.82) is 0 Å². The zero-order chi connectivity index (χ0) is 24.3. The van der Waals surface area contributed by atoms with E-state index in [2.05, 4.69) is 10.2 Å². The molecule has 2 heterocycles. The molecule has 0 unspecified atom stereocenters. The van der Waals surface area contributed by atoms with Crippen LogP contribution in [0.2, 0.25) is 0 Å². The first-order valence-electron chi connectivity index (χ1n) is 11.2. The number of rotatable bonds is 7. The Balaban J connectivity index is 1.30. The lowest BCUT2D eigenvalue weighted by atomic mass is 10.1. The molecule has 2 fully saturated rings. The summed E-state index contributed by atoms with van der Waals surface area (Å²) in [7, 11) is -1.87. The van der Waals surface area contributed by atoms with Crippen molar-refractivity contribution in [3.63, 3.8) is 0 Å². The molecule has 2 aromatic rings. The summed E-state index contributed by atoms with van der Waals surface area (Å²) in [5.41, 5.74) is 1.32. The molecule has 0 radical (unpaired) electrons. The minimum absolute atomic E-state index is 0.206. The second kappa shape index (κ2) is 10.0. The molecule has 0 saturated carbocycles. The predicted molar refractivity (Wildman–Crippen MR) is 128 cm³/mol. The first-order chi connectivity index (χ1) is 16.3. The lowest BCUT2D eigenvalue weighted by Gasteiger charge is -2.32. The standard InChI is InChI=1S/C24H29N3O6S/c1-17(28)25-18-3-9-22(10-4-18)34(30,31)23-11-13-26(14-12-23)15-21-16-27(24(29)33-21)19-5-7-20(32-2)8-6-19/h3-10,21,23H,11-16H2,1-2H3,(H,25,28)/t21-/m0/s1. The van der Waals surface area contributed by atoms with Gasteiger partial charge in [-0.1, -0.05) is 0 Å². The number of anilines is 2. The van der Waals surface area contributed by atoms with Crippen molar-refractivity contribution in [3.05, 3.63) is 48.5 Å². The average molecular weight is 488 g/mol. The molecule has 0 spiro atoms. The third kappa shape index (κ3) is 5.34. The zero-order valence-electron chi connectivity index (χ0n) is 19.3. The summed E-state index contributed by atoms with van der Waals surface area (Å²) >= 11 is 0. The van der Waals surface area contributed by atoms with Gasteiger partial charge in [0.1, 0.15) is 11.9 Å². The molecular formula is C24H29N3O6S. The van der Waals surface area contributed by atoms with E-state index >= 15 is 0 Å². The lowest BCUT2D eigenvalue weighted by Crippen LogP contribution is -2.43. The van der Waals surface area contributed by atoms with Gasteiger partial charge >= 0.3 is 6.09 Å². The van der Waals surface area contributed by atoms with Crippen LogP contribution in [0.25, 0.3) is 0 Å². The number of hydrogen-bond acceptors (Lipinski definition) is 7. The molecule has 182 valence electrons. The highest BCUT2D eigenvalue weighted by Gasteiger charge is 2.36. The maximum Gasteiger partial charge on any atom is 0.414 e. The number of sulfone groups is 1. The Morgan fingerprint density at radius 3 is 2.32 bits per heavy atom. The fourth-order valence-corrected chi connectivity index (χ4v) is 6.14. The van der Waals surface area contributed by atoms with Crippen LogP contribution in [0.1, 0.15) is 19.8 Å². The fraction of sp³-hybridized carbons (Fsp3) is 0.417. The number of methoxy groups -OCH3 is 1. The van der Waals surface area contributed by atoms with E-state index in [-0.39, 0.29) is 23.0 Å². The van der Waals surface area contributed by atoms with Crippen LogP contribution >= 0.6 is 0 Å². The van der Waals surface area contributed by atoms with Crippen LogP contribution in [-0.2, 0) is 19.4 Å². The maximum absolute atomic E-state index is 13.1. The Morgan fingerprint density at radius 1 is 1.09 bits per heavy atom. The van der Waals surface area contributed by atoms with Gasteiger partial charge in [0.2, 0.25) is 5.91 Å². The Labute approximate surface area is 199 Å². The van der Waals surface area contributed by atoms with E-state index < -0.39 is 15.1 Å². The highest BCUT2D eigenvalue weighted by Crippen LogP contribution is 2.28. The van der Waals surface area contributed by atoms with Crippen LogP contribution in [0.5, 0.6) is 5.75 Å². The van der Waals surface area contributed by atoms with Gasteiger partial charge in [-0.3, -0.25) is 14.6 Å². The van der Waals surface area contributed by atoms with Crippen LogP contribution in [0.3, 0.4) is 0 Å². The van der Waals surface area contributed by atoms with E-state index in [9.17, 15) is 18.0 Å². The summed E-state index contributed by atoms with van der Waals surface area (Å²) in [5.74, 6) is 0.511. The average Bonchev–Trinajstić information content (AvgIpc) is 3.19. The zero-order valence-corrected chi connectivity index (χ0v) is 20.1. The number of nitrogens with one attached hydrogen (secondary N) is 1. The summed E-state index contributed by atoms with van der Waals surface area (Å²) in [6, 6.07) is 13.5. The molecule has 0 aromatic heterocycles. The first-order valence-corrected chi connectivity index (χ1v) is 12.8. The fourth-order valence-electron chi connectivity index (χ4n) is 4.40. The molecule has 1 N–H and O–H groups in total.